The van der Waals surface area contributed by atoms with Crippen molar-refractivity contribution in [1.29, 1.82) is 0 Å². The number of methoxy groups -OCH3 is 1. The molecule has 2 rings (SSSR count). The molecule has 94 valence electrons. The summed E-state index contributed by atoms with van der Waals surface area (Å²) in [6, 6.07) is 5.98. The molecule has 0 radical (unpaired) electrons. The Morgan fingerprint density at radius 1 is 1.33 bits per heavy atom. The molecule has 5 nitrogen and oxygen atoms in total. The van der Waals surface area contributed by atoms with Gasteiger partial charge < -0.3 is 15.8 Å². The molecule has 0 unspecified atom stereocenters. The number of nitrogens with one attached hydrogen (secondary N) is 1. The standard InChI is InChI=1S/C12H13BrN4O/c1-7-3-4-8(13)9(5-7)17-12-10(18-2)11(14)15-6-16-12/h3-6H,1-2H3,(H3,14,15,16,17). The Labute approximate surface area is 114 Å². The van der Waals surface area contributed by atoms with Crippen molar-refractivity contribution in [3.63, 3.8) is 0 Å². The Morgan fingerprint density at radius 2 is 2.11 bits per heavy atom. The van der Waals surface area contributed by atoms with Crippen molar-refractivity contribution in [2.45, 2.75) is 6.92 Å². The smallest absolute Gasteiger partial charge is 0.204 e. The van der Waals surface area contributed by atoms with E-state index in [1.54, 1.807) is 0 Å². The van der Waals surface area contributed by atoms with E-state index in [1.807, 2.05) is 25.1 Å². The fraction of sp³-hybridized carbons (Fsp3) is 0.167. The van der Waals surface area contributed by atoms with Gasteiger partial charge >= 0.3 is 0 Å². The average molecular weight is 309 g/mol. The SMILES string of the molecule is COc1c(N)ncnc1Nc1cc(C)ccc1Br. The minimum atomic E-state index is 0.304. The first-order chi connectivity index (χ1) is 8.61. The van der Waals surface area contributed by atoms with Gasteiger partial charge in [0.25, 0.3) is 0 Å². The van der Waals surface area contributed by atoms with E-state index >= 15 is 0 Å². The molecule has 0 aliphatic rings. The Bertz CT molecular complexity index is 574. The van der Waals surface area contributed by atoms with Gasteiger partial charge in [-0.2, -0.15) is 0 Å². The molecular formula is C12H13BrN4O. The highest BCUT2D eigenvalue weighted by molar-refractivity contribution is 9.10. The van der Waals surface area contributed by atoms with E-state index in [2.05, 4.69) is 31.2 Å². The van der Waals surface area contributed by atoms with Gasteiger partial charge in [-0.3, -0.25) is 0 Å². The van der Waals surface area contributed by atoms with Crippen molar-refractivity contribution in [2.75, 3.05) is 18.2 Å². The lowest BCUT2D eigenvalue weighted by atomic mass is 10.2. The molecule has 0 bridgehead atoms. The van der Waals surface area contributed by atoms with Crippen molar-refractivity contribution in [1.82, 2.24) is 9.97 Å². The van der Waals surface area contributed by atoms with Crippen molar-refractivity contribution >= 4 is 33.3 Å². The van der Waals surface area contributed by atoms with Gasteiger partial charge in [-0.15, -0.1) is 0 Å². The van der Waals surface area contributed by atoms with E-state index in [9.17, 15) is 0 Å². The van der Waals surface area contributed by atoms with Crippen LogP contribution < -0.4 is 15.8 Å². The van der Waals surface area contributed by atoms with Gasteiger partial charge in [0.1, 0.15) is 6.33 Å². The number of benzene rings is 1. The lowest BCUT2D eigenvalue weighted by Gasteiger charge is -2.12. The van der Waals surface area contributed by atoms with Crippen LogP contribution in [0.25, 0.3) is 0 Å². The van der Waals surface area contributed by atoms with Crippen LogP contribution in [0.4, 0.5) is 17.3 Å². The monoisotopic (exact) mass is 308 g/mol. The van der Waals surface area contributed by atoms with Crippen LogP contribution in [0.5, 0.6) is 5.75 Å². The zero-order valence-electron chi connectivity index (χ0n) is 10.1. The second-order valence-corrected chi connectivity index (χ2v) is 4.60. The number of nitrogens with two attached hydrogens (primary N) is 1. The number of aromatic nitrogens is 2. The number of hydrogen-bond donors (Lipinski definition) is 2. The van der Waals surface area contributed by atoms with Crippen LogP contribution in [0.2, 0.25) is 0 Å². The molecule has 0 saturated carbocycles. The molecule has 3 N–H and O–H groups in total. The second kappa shape index (κ2) is 5.22. The summed E-state index contributed by atoms with van der Waals surface area (Å²) in [4.78, 5) is 8.01. The summed E-state index contributed by atoms with van der Waals surface area (Å²) in [6.45, 7) is 2.02. The summed E-state index contributed by atoms with van der Waals surface area (Å²) in [5.41, 5.74) is 7.76. The van der Waals surface area contributed by atoms with Crippen molar-refractivity contribution in [3.05, 3.63) is 34.6 Å². The lowest BCUT2D eigenvalue weighted by molar-refractivity contribution is 0.415. The molecule has 0 atom stereocenters. The minimum absolute atomic E-state index is 0.304. The Morgan fingerprint density at radius 3 is 2.83 bits per heavy atom. The predicted molar refractivity (Wildman–Crippen MR) is 75.2 cm³/mol. The molecule has 0 aliphatic carbocycles. The molecule has 0 fully saturated rings. The van der Waals surface area contributed by atoms with Crippen molar-refractivity contribution in [2.24, 2.45) is 0 Å². The highest BCUT2D eigenvalue weighted by atomic mass is 79.9. The summed E-state index contributed by atoms with van der Waals surface area (Å²) in [6.07, 6.45) is 1.39. The number of anilines is 3. The normalized spacial score (nSPS) is 10.2. The Balaban J connectivity index is 2.40. The molecule has 18 heavy (non-hydrogen) atoms. The molecule has 0 aliphatic heterocycles. The summed E-state index contributed by atoms with van der Waals surface area (Å²) >= 11 is 3.47. The fourth-order valence-corrected chi connectivity index (χ4v) is 1.89. The van der Waals surface area contributed by atoms with Crippen LogP contribution in [0.15, 0.2) is 29.0 Å². The molecule has 0 spiro atoms. The van der Waals surface area contributed by atoms with E-state index in [0.717, 1.165) is 15.7 Å². The fourth-order valence-electron chi connectivity index (χ4n) is 1.54. The summed E-state index contributed by atoms with van der Waals surface area (Å²) < 4.78 is 6.13. The predicted octanol–water partition coefficient (Wildman–Crippen LogP) is 2.88. The topological polar surface area (TPSA) is 73.1 Å². The zero-order valence-corrected chi connectivity index (χ0v) is 11.7. The number of ether oxygens (including phenoxy) is 1. The quantitative estimate of drug-likeness (QED) is 0.912. The van der Waals surface area contributed by atoms with Crippen LogP contribution >= 0.6 is 15.9 Å². The maximum atomic E-state index is 5.73. The van der Waals surface area contributed by atoms with Gasteiger partial charge in [0.05, 0.1) is 12.8 Å². The van der Waals surface area contributed by atoms with Crippen molar-refractivity contribution < 1.29 is 4.74 Å². The first kappa shape index (κ1) is 12.6. The van der Waals surface area contributed by atoms with E-state index in [1.165, 1.54) is 13.4 Å². The first-order valence-electron chi connectivity index (χ1n) is 5.29. The van der Waals surface area contributed by atoms with E-state index in [-0.39, 0.29) is 0 Å². The molecule has 1 aromatic carbocycles. The van der Waals surface area contributed by atoms with Gasteiger partial charge in [0, 0.05) is 4.47 Å². The van der Waals surface area contributed by atoms with Crippen LogP contribution in [-0.2, 0) is 0 Å². The number of rotatable bonds is 3. The lowest BCUT2D eigenvalue weighted by Crippen LogP contribution is -2.03. The van der Waals surface area contributed by atoms with E-state index in [0.29, 0.717) is 17.4 Å². The molecular weight excluding hydrogens is 296 g/mol. The molecule has 2 aromatic rings. The van der Waals surface area contributed by atoms with Gasteiger partial charge in [-0.25, -0.2) is 9.97 Å². The highest BCUT2D eigenvalue weighted by Gasteiger charge is 2.11. The van der Waals surface area contributed by atoms with Gasteiger partial charge in [0.15, 0.2) is 11.6 Å². The maximum Gasteiger partial charge on any atom is 0.204 e. The third-order valence-electron chi connectivity index (χ3n) is 2.41. The second-order valence-electron chi connectivity index (χ2n) is 3.75. The van der Waals surface area contributed by atoms with Crippen LogP contribution in [0, 0.1) is 6.92 Å². The molecule has 1 aromatic heterocycles. The van der Waals surface area contributed by atoms with Gasteiger partial charge in [-0.05, 0) is 40.5 Å². The summed E-state index contributed by atoms with van der Waals surface area (Å²) in [5.74, 6) is 1.28. The van der Waals surface area contributed by atoms with E-state index in [4.69, 9.17) is 10.5 Å². The Kier molecular flexibility index (Phi) is 3.66. The summed E-state index contributed by atoms with van der Waals surface area (Å²) in [7, 11) is 1.53. The largest absolute Gasteiger partial charge is 0.490 e. The first-order valence-corrected chi connectivity index (χ1v) is 6.08. The third kappa shape index (κ3) is 2.53. The number of halogens is 1. The highest BCUT2D eigenvalue weighted by Crippen LogP contribution is 2.32. The minimum Gasteiger partial charge on any atom is -0.490 e. The van der Waals surface area contributed by atoms with Crippen LogP contribution in [0.3, 0.4) is 0 Å². The van der Waals surface area contributed by atoms with Gasteiger partial charge in [0.2, 0.25) is 5.75 Å². The van der Waals surface area contributed by atoms with Gasteiger partial charge in [-0.1, -0.05) is 6.07 Å². The number of nitrogen functional groups attached to an aromatic ring is 1. The number of nitrogens with zero attached hydrogens (tertiary/aromatic N) is 2. The maximum absolute atomic E-state index is 5.73. The molecule has 0 saturated heterocycles. The molecule has 6 heteroatoms. The van der Waals surface area contributed by atoms with Crippen molar-refractivity contribution in [3.8, 4) is 5.75 Å². The van der Waals surface area contributed by atoms with Crippen LogP contribution in [-0.4, -0.2) is 17.1 Å². The molecule has 1 heterocycles. The number of hydrogen-bond acceptors (Lipinski definition) is 5. The van der Waals surface area contributed by atoms with Crippen LogP contribution in [0.1, 0.15) is 5.56 Å². The molecule has 0 amide bonds. The summed E-state index contributed by atoms with van der Waals surface area (Å²) in [5, 5.41) is 3.17. The Hall–Kier alpha value is -1.82. The average Bonchev–Trinajstić information content (AvgIpc) is 2.34. The number of aryl methyl sites for hydroxylation is 1. The third-order valence-corrected chi connectivity index (χ3v) is 3.10. The van der Waals surface area contributed by atoms with E-state index < -0.39 is 0 Å². The zero-order chi connectivity index (χ0) is 13.1.